The van der Waals surface area contributed by atoms with Gasteiger partial charge in [-0.05, 0) is 31.2 Å². The lowest BCUT2D eigenvalue weighted by molar-refractivity contribution is -0.144. The molecule has 224 valence electrons. The lowest BCUT2D eigenvalue weighted by Crippen LogP contribution is -2.64. The molecule has 0 saturated carbocycles. The number of guanidine groups is 1. The Morgan fingerprint density at radius 1 is 1.00 bits per heavy atom. The van der Waals surface area contributed by atoms with Gasteiger partial charge in [0.15, 0.2) is 11.7 Å². The highest BCUT2D eigenvalue weighted by molar-refractivity contribution is 5.99. The molecule has 1 aromatic rings. The van der Waals surface area contributed by atoms with E-state index in [4.69, 9.17) is 17.2 Å². The molecule has 1 unspecified atom stereocenters. The number of nitrogens with zero attached hydrogens (tertiary/aromatic N) is 1. The largest absolute Gasteiger partial charge is 0.370 e. The number of piperidine rings is 1. The van der Waals surface area contributed by atoms with Crippen LogP contribution in [-0.2, 0) is 30.4 Å². The standard InChI is InChI=1S/C28H42N8O5/c1-2-3-11-19-26(40)36-22(15-33-19)23(37)18-14-21(35-25(39)17(18)10-7-12-32-28(30)31)27(41)34-20(24(29)38)13-16-8-5-4-6-9-16/h4-6,8-9,17-22,33H,2-3,7,10-15H2,1H3,(H2,29,38)(H,34,41)(H,35,39)(H,36,40)(H4,30,31,32)/t17-,18?,19+,20-,21-,22-/m1/s1. The SMILES string of the molecule is CCCC[C@@H]1NC[C@H](C(=O)C2C[C@H](C(=O)N[C@H](Cc3ccccc3)C(N)=O)NC(=O)[C@@H]2CCCN=C(N)N)NC1=O. The fourth-order valence-electron chi connectivity index (χ4n) is 5.37. The Labute approximate surface area is 239 Å². The van der Waals surface area contributed by atoms with Crippen molar-refractivity contribution in [2.24, 2.45) is 34.0 Å². The van der Waals surface area contributed by atoms with Crippen LogP contribution in [0.3, 0.4) is 0 Å². The van der Waals surface area contributed by atoms with Gasteiger partial charge in [-0.15, -0.1) is 0 Å². The lowest BCUT2D eigenvalue weighted by atomic mass is 9.75. The van der Waals surface area contributed by atoms with Crippen LogP contribution in [0.1, 0.15) is 51.0 Å². The van der Waals surface area contributed by atoms with Crippen molar-refractivity contribution in [2.45, 2.75) is 76.0 Å². The molecule has 2 fully saturated rings. The predicted molar refractivity (Wildman–Crippen MR) is 153 cm³/mol. The normalized spacial score (nSPS) is 24.9. The molecule has 41 heavy (non-hydrogen) atoms. The van der Waals surface area contributed by atoms with Crippen molar-refractivity contribution >= 4 is 35.4 Å². The highest BCUT2D eigenvalue weighted by Gasteiger charge is 2.45. The zero-order valence-electron chi connectivity index (χ0n) is 23.4. The number of benzene rings is 1. The molecule has 0 spiro atoms. The highest BCUT2D eigenvalue weighted by atomic mass is 16.2. The first-order chi connectivity index (χ1) is 19.6. The van der Waals surface area contributed by atoms with E-state index in [2.05, 4.69) is 26.3 Å². The number of unbranched alkanes of at least 4 members (excludes halogenated alkanes) is 1. The molecular weight excluding hydrogens is 528 g/mol. The number of carbonyl (C=O) groups is 5. The smallest absolute Gasteiger partial charge is 0.243 e. The minimum atomic E-state index is -1.06. The molecule has 10 N–H and O–H groups in total. The zero-order chi connectivity index (χ0) is 29.9. The third-order valence-electron chi connectivity index (χ3n) is 7.61. The van der Waals surface area contributed by atoms with E-state index in [1.807, 2.05) is 37.3 Å². The van der Waals surface area contributed by atoms with Crippen molar-refractivity contribution in [3.05, 3.63) is 35.9 Å². The molecule has 0 radical (unpaired) electrons. The summed E-state index contributed by atoms with van der Waals surface area (Å²) in [4.78, 5) is 69.0. The van der Waals surface area contributed by atoms with E-state index < -0.39 is 47.7 Å². The number of nitrogens with two attached hydrogens (primary N) is 3. The first-order valence-corrected chi connectivity index (χ1v) is 14.2. The molecule has 0 bridgehead atoms. The number of hydrogen-bond donors (Lipinski definition) is 7. The highest BCUT2D eigenvalue weighted by Crippen LogP contribution is 2.30. The molecule has 2 aliphatic heterocycles. The van der Waals surface area contributed by atoms with E-state index >= 15 is 0 Å². The first-order valence-electron chi connectivity index (χ1n) is 14.2. The van der Waals surface area contributed by atoms with Gasteiger partial charge in [0.2, 0.25) is 23.6 Å². The molecule has 0 aliphatic carbocycles. The number of Topliss-reactive ketones (excluding diaryl/α,β-unsaturated/α-hetero) is 1. The molecule has 2 aliphatic rings. The van der Waals surface area contributed by atoms with Crippen LogP contribution in [0.15, 0.2) is 35.3 Å². The van der Waals surface area contributed by atoms with Crippen molar-refractivity contribution in [1.82, 2.24) is 21.3 Å². The topological polar surface area (TPSA) is 224 Å². The summed E-state index contributed by atoms with van der Waals surface area (Å²) in [6.45, 7) is 2.54. The van der Waals surface area contributed by atoms with E-state index in [0.29, 0.717) is 19.3 Å². The summed E-state index contributed by atoms with van der Waals surface area (Å²) in [5.74, 6) is -4.04. The molecule has 4 amide bonds. The van der Waals surface area contributed by atoms with Gasteiger partial charge in [-0.25, -0.2) is 0 Å². The zero-order valence-corrected chi connectivity index (χ0v) is 23.4. The average Bonchev–Trinajstić information content (AvgIpc) is 2.94. The molecule has 13 nitrogen and oxygen atoms in total. The summed E-state index contributed by atoms with van der Waals surface area (Å²) in [6, 6.07) is 5.80. The van der Waals surface area contributed by atoms with E-state index in [1.165, 1.54) is 0 Å². The van der Waals surface area contributed by atoms with Crippen molar-refractivity contribution in [3.63, 3.8) is 0 Å². The van der Waals surface area contributed by atoms with Crippen molar-refractivity contribution < 1.29 is 24.0 Å². The number of carbonyl (C=O) groups excluding carboxylic acids is 5. The van der Waals surface area contributed by atoms with Crippen LogP contribution < -0.4 is 38.5 Å². The van der Waals surface area contributed by atoms with Crippen LogP contribution in [-0.4, -0.2) is 72.6 Å². The van der Waals surface area contributed by atoms with E-state index in [9.17, 15) is 24.0 Å². The number of hydrogen-bond acceptors (Lipinski definition) is 7. The molecule has 2 saturated heterocycles. The van der Waals surface area contributed by atoms with E-state index in [1.54, 1.807) is 0 Å². The number of amides is 4. The fraction of sp³-hybridized carbons (Fsp3) is 0.571. The van der Waals surface area contributed by atoms with Gasteiger partial charge in [0.05, 0.1) is 6.04 Å². The Balaban J connectivity index is 1.74. The van der Waals surface area contributed by atoms with Gasteiger partial charge < -0.3 is 38.5 Å². The monoisotopic (exact) mass is 570 g/mol. The number of aliphatic imine (C=N–C) groups is 1. The minimum absolute atomic E-state index is 0.00578. The van der Waals surface area contributed by atoms with Crippen LogP contribution >= 0.6 is 0 Å². The van der Waals surface area contributed by atoms with Crippen LogP contribution in [0.25, 0.3) is 0 Å². The maximum Gasteiger partial charge on any atom is 0.243 e. The van der Waals surface area contributed by atoms with Crippen LogP contribution in [0, 0.1) is 11.8 Å². The van der Waals surface area contributed by atoms with Crippen LogP contribution in [0.5, 0.6) is 0 Å². The molecule has 2 heterocycles. The predicted octanol–water partition coefficient (Wildman–Crippen LogP) is -1.41. The molecule has 1 aromatic carbocycles. The summed E-state index contributed by atoms with van der Waals surface area (Å²) in [5, 5.41) is 11.3. The van der Waals surface area contributed by atoms with Crippen molar-refractivity contribution in [2.75, 3.05) is 13.1 Å². The molecule has 0 aromatic heterocycles. The van der Waals surface area contributed by atoms with Gasteiger partial charge in [0.25, 0.3) is 0 Å². The number of piperazine rings is 1. The van der Waals surface area contributed by atoms with Gasteiger partial charge in [0.1, 0.15) is 18.1 Å². The van der Waals surface area contributed by atoms with E-state index in [-0.39, 0.29) is 49.6 Å². The van der Waals surface area contributed by atoms with Crippen LogP contribution in [0.4, 0.5) is 0 Å². The lowest BCUT2D eigenvalue weighted by Gasteiger charge is -2.38. The second-order valence-electron chi connectivity index (χ2n) is 10.7. The second kappa shape index (κ2) is 15.1. The van der Waals surface area contributed by atoms with Crippen molar-refractivity contribution in [3.8, 4) is 0 Å². The Bertz CT molecular complexity index is 1120. The Morgan fingerprint density at radius 2 is 1.71 bits per heavy atom. The summed E-state index contributed by atoms with van der Waals surface area (Å²) >= 11 is 0. The quantitative estimate of drug-likeness (QED) is 0.0797. The Morgan fingerprint density at radius 3 is 2.34 bits per heavy atom. The Kier molecular flexibility index (Phi) is 11.6. The minimum Gasteiger partial charge on any atom is -0.370 e. The van der Waals surface area contributed by atoms with Gasteiger partial charge in [-0.2, -0.15) is 0 Å². The van der Waals surface area contributed by atoms with Gasteiger partial charge in [-0.1, -0.05) is 50.1 Å². The fourth-order valence-corrected chi connectivity index (χ4v) is 5.37. The summed E-state index contributed by atoms with van der Waals surface area (Å²) in [7, 11) is 0. The molecule has 3 rings (SSSR count). The van der Waals surface area contributed by atoms with E-state index in [0.717, 1.165) is 18.4 Å². The number of primary amides is 1. The van der Waals surface area contributed by atoms with Gasteiger partial charge >= 0.3 is 0 Å². The van der Waals surface area contributed by atoms with Crippen molar-refractivity contribution in [1.29, 1.82) is 0 Å². The van der Waals surface area contributed by atoms with Gasteiger partial charge in [0, 0.05) is 31.3 Å². The first kappa shape index (κ1) is 31.5. The average molecular weight is 571 g/mol. The number of ketones is 1. The van der Waals surface area contributed by atoms with Gasteiger partial charge in [-0.3, -0.25) is 29.0 Å². The molecule has 13 heteroatoms. The summed E-state index contributed by atoms with van der Waals surface area (Å²) in [6.07, 6.45) is 3.40. The molecular formula is C28H42N8O5. The maximum absolute atomic E-state index is 13.7. The number of rotatable bonds is 14. The third-order valence-corrected chi connectivity index (χ3v) is 7.61. The Hall–Kier alpha value is -4.00. The molecule has 6 atom stereocenters. The summed E-state index contributed by atoms with van der Waals surface area (Å²) in [5.41, 5.74) is 17.2. The third kappa shape index (κ3) is 9.00. The second-order valence-corrected chi connectivity index (χ2v) is 10.7. The maximum atomic E-state index is 13.7. The number of nitrogens with one attached hydrogen (secondary N) is 4. The van der Waals surface area contributed by atoms with Crippen LogP contribution in [0.2, 0.25) is 0 Å². The summed E-state index contributed by atoms with van der Waals surface area (Å²) < 4.78 is 0.